The molecule has 0 aromatic rings. The number of carbonyl (C=O) groups excluding carboxylic acids is 1. The van der Waals surface area contributed by atoms with E-state index in [1.54, 1.807) is 6.92 Å². The first-order chi connectivity index (χ1) is 8.56. The summed E-state index contributed by atoms with van der Waals surface area (Å²) in [5.74, 6) is -0.928. The molecule has 0 fully saturated rings. The summed E-state index contributed by atoms with van der Waals surface area (Å²) in [5.41, 5.74) is 0. The molecule has 0 rings (SSSR count). The molecular weight excluding hydrogens is 236 g/mol. The molecule has 0 heterocycles. The molecule has 1 atom stereocenters. The van der Waals surface area contributed by atoms with Gasteiger partial charge in [-0.2, -0.15) is 0 Å². The average molecular weight is 260 g/mol. The van der Waals surface area contributed by atoms with Crippen LogP contribution in [-0.4, -0.2) is 43.4 Å². The van der Waals surface area contributed by atoms with E-state index in [0.29, 0.717) is 19.7 Å². The summed E-state index contributed by atoms with van der Waals surface area (Å²) in [5, 5.41) is 13.8. The number of carboxylic acids is 1. The van der Waals surface area contributed by atoms with Crippen LogP contribution in [0.1, 0.15) is 33.1 Å². The summed E-state index contributed by atoms with van der Waals surface area (Å²) in [6.07, 6.45) is 2.18. The van der Waals surface area contributed by atoms with Gasteiger partial charge in [0.1, 0.15) is 0 Å². The summed E-state index contributed by atoms with van der Waals surface area (Å²) in [4.78, 5) is 21.7. The predicted molar refractivity (Wildman–Crippen MR) is 68.5 cm³/mol. The van der Waals surface area contributed by atoms with E-state index in [1.807, 2.05) is 0 Å². The fourth-order valence-corrected chi connectivity index (χ4v) is 1.28. The number of rotatable bonds is 10. The molecular formula is C12H24N2O4. The van der Waals surface area contributed by atoms with Gasteiger partial charge in [0, 0.05) is 26.1 Å². The van der Waals surface area contributed by atoms with Gasteiger partial charge in [0.15, 0.2) is 0 Å². The van der Waals surface area contributed by atoms with Crippen molar-refractivity contribution >= 4 is 12.0 Å². The molecule has 0 radical (unpaired) electrons. The molecule has 6 heteroatoms. The number of hydrogen-bond donors (Lipinski definition) is 3. The minimum atomic E-state index is -0.853. The zero-order valence-corrected chi connectivity index (χ0v) is 11.2. The zero-order valence-electron chi connectivity index (χ0n) is 11.2. The first-order valence-electron chi connectivity index (χ1n) is 6.37. The van der Waals surface area contributed by atoms with Crippen molar-refractivity contribution in [3.05, 3.63) is 0 Å². The lowest BCUT2D eigenvalue weighted by atomic mass is 10.1. The first-order valence-corrected chi connectivity index (χ1v) is 6.37. The molecule has 1 unspecified atom stereocenters. The van der Waals surface area contributed by atoms with Gasteiger partial charge in [-0.25, -0.2) is 4.79 Å². The maximum absolute atomic E-state index is 11.3. The lowest BCUT2D eigenvalue weighted by molar-refractivity contribution is -0.137. The molecule has 0 spiro atoms. The van der Waals surface area contributed by atoms with E-state index >= 15 is 0 Å². The quantitative estimate of drug-likeness (QED) is 0.515. The van der Waals surface area contributed by atoms with Gasteiger partial charge in [-0.15, -0.1) is 0 Å². The summed E-state index contributed by atoms with van der Waals surface area (Å²) in [7, 11) is 0. The lowest BCUT2D eigenvalue weighted by Gasteiger charge is -2.11. The van der Waals surface area contributed by atoms with Crippen LogP contribution in [0.4, 0.5) is 4.79 Å². The van der Waals surface area contributed by atoms with E-state index in [0.717, 1.165) is 19.4 Å². The van der Waals surface area contributed by atoms with E-state index in [1.165, 1.54) is 0 Å². The van der Waals surface area contributed by atoms with Crippen molar-refractivity contribution in [2.75, 3.05) is 26.3 Å². The number of ether oxygens (including phenoxy) is 1. The van der Waals surface area contributed by atoms with Crippen LogP contribution in [0.5, 0.6) is 0 Å². The number of urea groups is 1. The molecule has 3 N–H and O–H groups in total. The summed E-state index contributed by atoms with van der Waals surface area (Å²) < 4.78 is 5.28. The highest BCUT2D eigenvalue weighted by Gasteiger charge is 2.08. The Hall–Kier alpha value is -1.30. The van der Waals surface area contributed by atoms with E-state index < -0.39 is 5.97 Å². The third-order valence-corrected chi connectivity index (χ3v) is 2.31. The van der Waals surface area contributed by atoms with Gasteiger partial charge in [0.05, 0.1) is 6.61 Å². The SMILES string of the molecule is CCCCOCCNC(=O)NCC(C)CC(=O)O. The average Bonchev–Trinajstić information content (AvgIpc) is 2.30. The minimum absolute atomic E-state index is 0.0560. The minimum Gasteiger partial charge on any atom is -0.481 e. The standard InChI is InChI=1S/C12H24N2O4/c1-3-4-6-18-7-5-13-12(17)14-9-10(2)8-11(15)16/h10H,3-9H2,1-2H3,(H,15,16)(H2,13,14,17). The lowest BCUT2D eigenvalue weighted by Crippen LogP contribution is -2.39. The third kappa shape index (κ3) is 11.2. The highest BCUT2D eigenvalue weighted by atomic mass is 16.5. The van der Waals surface area contributed by atoms with Crippen LogP contribution in [0.3, 0.4) is 0 Å². The van der Waals surface area contributed by atoms with Gasteiger partial charge < -0.3 is 20.5 Å². The van der Waals surface area contributed by atoms with E-state index in [-0.39, 0.29) is 18.4 Å². The fraction of sp³-hybridized carbons (Fsp3) is 0.833. The summed E-state index contributed by atoms with van der Waals surface area (Å²) in [6.45, 7) is 5.90. The second-order valence-electron chi connectivity index (χ2n) is 4.31. The van der Waals surface area contributed by atoms with Crippen LogP contribution >= 0.6 is 0 Å². The van der Waals surface area contributed by atoms with Crippen LogP contribution in [-0.2, 0) is 9.53 Å². The van der Waals surface area contributed by atoms with Crippen molar-refractivity contribution in [2.45, 2.75) is 33.1 Å². The molecule has 0 aliphatic heterocycles. The van der Waals surface area contributed by atoms with Crippen molar-refractivity contribution in [3.63, 3.8) is 0 Å². The van der Waals surface area contributed by atoms with Gasteiger partial charge in [-0.3, -0.25) is 4.79 Å². The second kappa shape index (κ2) is 10.8. The Kier molecular flexibility index (Phi) is 10.0. The van der Waals surface area contributed by atoms with Crippen LogP contribution < -0.4 is 10.6 Å². The van der Waals surface area contributed by atoms with E-state index in [2.05, 4.69) is 17.6 Å². The first kappa shape index (κ1) is 16.7. The van der Waals surface area contributed by atoms with Crippen LogP contribution in [0.2, 0.25) is 0 Å². The predicted octanol–water partition coefficient (Wildman–Crippen LogP) is 1.21. The number of aliphatic carboxylic acids is 1. The molecule has 0 saturated carbocycles. The Morgan fingerprint density at radius 2 is 2.00 bits per heavy atom. The Bertz CT molecular complexity index is 246. The topological polar surface area (TPSA) is 87.7 Å². The van der Waals surface area contributed by atoms with Gasteiger partial charge in [0.2, 0.25) is 0 Å². The van der Waals surface area contributed by atoms with Crippen molar-refractivity contribution in [2.24, 2.45) is 5.92 Å². The second-order valence-corrected chi connectivity index (χ2v) is 4.31. The molecule has 0 bridgehead atoms. The number of carboxylic acid groups (broad SMARTS) is 1. The normalized spacial score (nSPS) is 11.9. The van der Waals surface area contributed by atoms with Crippen molar-refractivity contribution in [1.29, 1.82) is 0 Å². The maximum atomic E-state index is 11.3. The van der Waals surface area contributed by atoms with Gasteiger partial charge in [0.25, 0.3) is 0 Å². The maximum Gasteiger partial charge on any atom is 0.314 e. The number of carbonyl (C=O) groups is 2. The Balaban J connectivity index is 3.40. The van der Waals surface area contributed by atoms with Crippen molar-refractivity contribution in [1.82, 2.24) is 10.6 Å². The Labute approximate surface area is 108 Å². The van der Waals surface area contributed by atoms with Crippen molar-refractivity contribution < 1.29 is 19.4 Å². The highest BCUT2D eigenvalue weighted by Crippen LogP contribution is 1.98. The van der Waals surface area contributed by atoms with E-state index in [9.17, 15) is 9.59 Å². The Morgan fingerprint density at radius 1 is 1.28 bits per heavy atom. The molecule has 2 amide bonds. The molecule has 0 saturated heterocycles. The molecule has 0 aliphatic carbocycles. The van der Waals surface area contributed by atoms with Gasteiger partial charge in [-0.05, 0) is 12.3 Å². The Morgan fingerprint density at radius 3 is 2.61 bits per heavy atom. The smallest absolute Gasteiger partial charge is 0.314 e. The molecule has 18 heavy (non-hydrogen) atoms. The van der Waals surface area contributed by atoms with Gasteiger partial charge in [-0.1, -0.05) is 20.3 Å². The zero-order chi connectivity index (χ0) is 13.8. The summed E-state index contributed by atoms with van der Waals surface area (Å²) in [6, 6.07) is -0.286. The molecule has 0 aromatic heterocycles. The molecule has 0 aliphatic rings. The molecule has 6 nitrogen and oxygen atoms in total. The van der Waals surface area contributed by atoms with E-state index in [4.69, 9.17) is 9.84 Å². The number of nitrogens with one attached hydrogen (secondary N) is 2. The van der Waals surface area contributed by atoms with Crippen LogP contribution in [0, 0.1) is 5.92 Å². The van der Waals surface area contributed by atoms with Crippen molar-refractivity contribution in [3.8, 4) is 0 Å². The summed E-state index contributed by atoms with van der Waals surface area (Å²) >= 11 is 0. The van der Waals surface area contributed by atoms with Crippen LogP contribution in [0.15, 0.2) is 0 Å². The highest BCUT2D eigenvalue weighted by molar-refractivity contribution is 5.73. The molecule has 106 valence electrons. The third-order valence-electron chi connectivity index (χ3n) is 2.31. The number of hydrogen-bond acceptors (Lipinski definition) is 3. The number of amides is 2. The number of unbranched alkanes of at least 4 members (excludes halogenated alkanes) is 1. The van der Waals surface area contributed by atoms with Crippen LogP contribution in [0.25, 0.3) is 0 Å². The van der Waals surface area contributed by atoms with Gasteiger partial charge >= 0.3 is 12.0 Å². The largest absolute Gasteiger partial charge is 0.481 e. The fourth-order valence-electron chi connectivity index (χ4n) is 1.28. The molecule has 0 aromatic carbocycles. The monoisotopic (exact) mass is 260 g/mol.